The smallest absolute Gasteiger partial charge is 0.282 e. The molecule has 2 aromatic rings. The number of nitrogens with zero attached hydrogens (tertiary/aromatic N) is 1. The minimum atomic E-state index is -4.16. The molecule has 0 amide bonds. The van der Waals surface area contributed by atoms with Crippen molar-refractivity contribution >= 4 is 33.4 Å². The number of nitrogens with one attached hydrogen (secondary N) is 1. The summed E-state index contributed by atoms with van der Waals surface area (Å²) in [6.45, 7) is 0. The van der Waals surface area contributed by atoms with E-state index in [-0.39, 0.29) is 17.3 Å². The molecule has 0 spiro atoms. The molecule has 0 aliphatic carbocycles. The van der Waals surface area contributed by atoms with E-state index in [0.29, 0.717) is 10.9 Å². The SMILES string of the molecule is Cl.O=S(=O)(O)c1cccc2[nH]ncc12. The number of hydrogen-bond donors (Lipinski definition) is 2. The van der Waals surface area contributed by atoms with Crippen molar-refractivity contribution in [3.8, 4) is 0 Å². The zero-order chi connectivity index (χ0) is 9.47. The number of aromatic nitrogens is 2. The first-order valence-electron chi connectivity index (χ1n) is 3.48. The van der Waals surface area contributed by atoms with Crippen LogP contribution in [0.2, 0.25) is 0 Å². The monoisotopic (exact) mass is 234 g/mol. The zero-order valence-corrected chi connectivity index (χ0v) is 8.47. The molecule has 0 atom stereocenters. The molecule has 0 radical (unpaired) electrons. The number of aromatic amines is 1. The zero-order valence-electron chi connectivity index (χ0n) is 6.84. The highest BCUT2D eigenvalue weighted by atomic mass is 35.5. The van der Waals surface area contributed by atoms with Crippen LogP contribution in [0.5, 0.6) is 0 Å². The van der Waals surface area contributed by atoms with E-state index < -0.39 is 10.1 Å². The van der Waals surface area contributed by atoms with Gasteiger partial charge in [-0.25, -0.2) is 0 Å². The molecule has 7 heteroatoms. The van der Waals surface area contributed by atoms with E-state index in [1.165, 1.54) is 18.3 Å². The highest BCUT2D eigenvalue weighted by molar-refractivity contribution is 7.86. The van der Waals surface area contributed by atoms with Crippen LogP contribution in [-0.2, 0) is 10.1 Å². The lowest BCUT2D eigenvalue weighted by molar-refractivity contribution is 0.484. The fraction of sp³-hybridized carbons (Fsp3) is 0. The summed E-state index contributed by atoms with van der Waals surface area (Å²) in [7, 11) is -4.16. The predicted octanol–water partition coefficient (Wildman–Crippen LogP) is 1.23. The van der Waals surface area contributed by atoms with Crippen LogP contribution >= 0.6 is 12.4 Å². The maximum absolute atomic E-state index is 10.9. The second-order valence-electron chi connectivity index (χ2n) is 2.56. The molecule has 2 rings (SSSR count). The van der Waals surface area contributed by atoms with Gasteiger partial charge in [-0.1, -0.05) is 6.07 Å². The molecule has 0 aliphatic heterocycles. The standard InChI is InChI=1S/C7H6N2O3S.ClH/c10-13(11,12)7-3-1-2-6-5(7)4-8-9-6;/h1-4H,(H,8,9)(H,10,11,12);1H. The van der Waals surface area contributed by atoms with Gasteiger partial charge < -0.3 is 0 Å². The molecule has 2 N–H and O–H groups in total. The van der Waals surface area contributed by atoms with Gasteiger partial charge in [-0.05, 0) is 12.1 Å². The number of halogens is 1. The number of fused-ring (bicyclic) bond motifs is 1. The first kappa shape index (κ1) is 11.0. The Kier molecular flexibility index (Phi) is 2.79. The van der Waals surface area contributed by atoms with Crippen molar-refractivity contribution < 1.29 is 13.0 Å². The van der Waals surface area contributed by atoms with E-state index in [1.807, 2.05) is 0 Å². The Bertz CT molecular complexity index is 549. The van der Waals surface area contributed by atoms with Crippen molar-refractivity contribution in [1.29, 1.82) is 0 Å². The summed E-state index contributed by atoms with van der Waals surface area (Å²) < 4.78 is 30.6. The average Bonchev–Trinajstić information content (AvgIpc) is 2.48. The molecular formula is C7H7ClN2O3S. The number of H-pyrrole nitrogens is 1. The van der Waals surface area contributed by atoms with E-state index in [4.69, 9.17) is 4.55 Å². The van der Waals surface area contributed by atoms with Crippen molar-refractivity contribution in [2.24, 2.45) is 0 Å². The highest BCUT2D eigenvalue weighted by Gasteiger charge is 2.13. The van der Waals surface area contributed by atoms with Gasteiger partial charge in [0.05, 0.1) is 11.7 Å². The van der Waals surface area contributed by atoms with Crippen LogP contribution in [-0.4, -0.2) is 23.2 Å². The van der Waals surface area contributed by atoms with Crippen molar-refractivity contribution in [1.82, 2.24) is 10.2 Å². The van der Waals surface area contributed by atoms with Gasteiger partial charge in [0.25, 0.3) is 10.1 Å². The summed E-state index contributed by atoms with van der Waals surface area (Å²) >= 11 is 0. The summed E-state index contributed by atoms with van der Waals surface area (Å²) in [5.41, 5.74) is 0.579. The van der Waals surface area contributed by atoms with Gasteiger partial charge in [0.2, 0.25) is 0 Å². The molecule has 76 valence electrons. The average molecular weight is 235 g/mol. The van der Waals surface area contributed by atoms with E-state index in [1.54, 1.807) is 6.07 Å². The molecular weight excluding hydrogens is 228 g/mol. The summed E-state index contributed by atoms with van der Waals surface area (Å²) in [5.74, 6) is 0. The van der Waals surface area contributed by atoms with Gasteiger partial charge in [-0.3, -0.25) is 9.65 Å². The van der Waals surface area contributed by atoms with Crippen LogP contribution in [0.15, 0.2) is 29.3 Å². The number of benzene rings is 1. The van der Waals surface area contributed by atoms with E-state index in [0.717, 1.165) is 0 Å². The third-order valence-electron chi connectivity index (χ3n) is 1.72. The Balaban J connectivity index is 0.000000980. The van der Waals surface area contributed by atoms with Crippen LogP contribution in [0.1, 0.15) is 0 Å². The van der Waals surface area contributed by atoms with Crippen molar-refractivity contribution in [3.63, 3.8) is 0 Å². The largest absolute Gasteiger partial charge is 0.295 e. The van der Waals surface area contributed by atoms with E-state index in [2.05, 4.69) is 10.2 Å². The fourth-order valence-corrected chi connectivity index (χ4v) is 1.86. The Morgan fingerprint density at radius 1 is 1.36 bits per heavy atom. The highest BCUT2D eigenvalue weighted by Crippen LogP contribution is 2.20. The molecule has 1 heterocycles. The Labute approximate surface area is 86.3 Å². The Morgan fingerprint density at radius 3 is 2.71 bits per heavy atom. The van der Waals surface area contributed by atoms with Crippen LogP contribution in [0.4, 0.5) is 0 Å². The minimum Gasteiger partial charge on any atom is -0.282 e. The normalized spacial score (nSPS) is 11.2. The molecule has 5 nitrogen and oxygen atoms in total. The van der Waals surface area contributed by atoms with Crippen molar-refractivity contribution in [3.05, 3.63) is 24.4 Å². The maximum Gasteiger partial charge on any atom is 0.295 e. The van der Waals surface area contributed by atoms with Gasteiger partial charge in [0.1, 0.15) is 4.90 Å². The molecule has 14 heavy (non-hydrogen) atoms. The van der Waals surface area contributed by atoms with Gasteiger partial charge in [-0.2, -0.15) is 13.5 Å². The van der Waals surface area contributed by atoms with Gasteiger partial charge in [-0.15, -0.1) is 12.4 Å². The first-order valence-corrected chi connectivity index (χ1v) is 4.92. The lowest BCUT2D eigenvalue weighted by Crippen LogP contribution is -1.97. The number of hydrogen-bond acceptors (Lipinski definition) is 3. The van der Waals surface area contributed by atoms with Gasteiger partial charge in [0.15, 0.2) is 0 Å². The molecule has 0 bridgehead atoms. The quantitative estimate of drug-likeness (QED) is 0.727. The Hall–Kier alpha value is -1.11. The third kappa shape index (κ3) is 1.72. The van der Waals surface area contributed by atoms with E-state index >= 15 is 0 Å². The summed E-state index contributed by atoms with van der Waals surface area (Å²) in [5, 5.41) is 6.67. The lowest BCUT2D eigenvalue weighted by atomic mass is 10.3. The predicted molar refractivity (Wildman–Crippen MR) is 53.2 cm³/mol. The van der Waals surface area contributed by atoms with Crippen molar-refractivity contribution in [2.45, 2.75) is 4.90 Å². The van der Waals surface area contributed by atoms with E-state index in [9.17, 15) is 8.42 Å². The topological polar surface area (TPSA) is 83.0 Å². The fourth-order valence-electron chi connectivity index (χ4n) is 1.17. The van der Waals surface area contributed by atoms with Gasteiger partial charge in [0, 0.05) is 5.39 Å². The van der Waals surface area contributed by atoms with Crippen LogP contribution in [0, 0.1) is 0 Å². The maximum atomic E-state index is 10.9. The van der Waals surface area contributed by atoms with Crippen LogP contribution in [0.25, 0.3) is 10.9 Å². The molecule has 1 aromatic heterocycles. The molecule has 0 aliphatic rings. The Morgan fingerprint density at radius 2 is 2.07 bits per heavy atom. The number of rotatable bonds is 1. The summed E-state index contributed by atoms with van der Waals surface area (Å²) in [6, 6.07) is 4.54. The summed E-state index contributed by atoms with van der Waals surface area (Å²) in [6.07, 6.45) is 1.36. The molecule has 0 saturated heterocycles. The molecule has 0 unspecified atom stereocenters. The molecule has 0 saturated carbocycles. The summed E-state index contributed by atoms with van der Waals surface area (Å²) in [4.78, 5) is -0.126. The minimum absolute atomic E-state index is 0. The second-order valence-corrected chi connectivity index (χ2v) is 3.95. The lowest BCUT2D eigenvalue weighted by Gasteiger charge is -1.96. The molecule has 0 fully saturated rings. The third-order valence-corrected chi connectivity index (χ3v) is 2.63. The van der Waals surface area contributed by atoms with Crippen molar-refractivity contribution in [2.75, 3.05) is 0 Å². The first-order chi connectivity index (χ1) is 6.09. The van der Waals surface area contributed by atoms with Crippen LogP contribution in [0.3, 0.4) is 0 Å². The molecule has 1 aromatic carbocycles. The van der Waals surface area contributed by atoms with Crippen LogP contribution < -0.4 is 0 Å². The second kappa shape index (κ2) is 3.56. The van der Waals surface area contributed by atoms with Gasteiger partial charge >= 0.3 is 0 Å².